The van der Waals surface area contributed by atoms with E-state index in [1.807, 2.05) is 13.8 Å². The molecule has 0 fully saturated rings. The molecule has 0 saturated carbocycles. The number of benzene rings is 1. The van der Waals surface area contributed by atoms with E-state index < -0.39 is 0 Å². The summed E-state index contributed by atoms with van der Waals surface area (Å²) in [6, 6.07) is 5.33. The Balaban J connectivity index is 2.33. The molecule has 1 aromatic heterocycles. The van der Waals surface area contributed by atoms with Gasteiger partial charge >= 0.3 is 0 Å². The number of alkyl halides is 1. The topological polar surface area (TPSA) is 55.1 Å². The molecule has 0 aliphatic heterocycles. The minimum atomic E-state index is -0.237. The van der Waals surface area contributed by atoms with Gasteiger partial charge in [0.2, 0.25) is 5.91 Å². The van der Waals surface area contributed by atoms with Gasteiger partial charge in [-0.3, -0.25) is 4.79 Å². The highest BCUT2D eigenvalue weighted by Gasteiger charge is 2.10. The third kappa shape index (κ3) is 2.58. The van der Waals surface area contributed by atoms with E-state index in [1.54, 1.807) is 18.2 Å². The maximum absolute atomic E-state index is 11.1. The molecule has 2 rings (SSSR count). The lowest BCUT2D eigenvalue weighted by Crippen LogP contribution is -2.12. The fourth-order valence-corrected chi connectivity index (χ4v) is 1.53. The van der Waals surface area contributed by atoms with E-state index in [0.717, 1.165) is 11.1 Å². The van der Waals surface area contributed by atoms with Crippen molar-refractivity contribution in [2.75, 3.05) is 11.2 Å². The Morgan fingerprint density at radius 1 is 1.53 bits per heavy atom. The van der Waals surface area contributed by atoms with Gasteiger partial charge in [0.15, 0.2) is 11.5 Å². The van der Waals surface area contributed by atoms with Crippen LogP contribution < -0.4 is 5.32 Å². The van der Waals surface area contributed by atoms with Crippen molar-refractivity contribution < 1.29 is 9.21 Å². The summed E-state index contributed by atoms with van der Waals surface area (Å²) in [7, 11) is 0. The molecule has 1 heterocycles. The highest BCUT2D eigenvalue weighted by molar-refractivity contribution is 6.29. The zero-order valence-electron chi connectivity index (χ0n) is 9.66. The number of nitrogens with one attached hydrogen (secondary N) is 1. The minimum Gasteiger partial charge on any atom is -0.440 e. The third-order valence-corrected chi connectivity index (χ3v) is 2.55. The van der Waals surface area contributed by atoms with Crippen LogP contribution in [0.4, 0.5) is 5.69 Å². The summed E-state index contributed by atoms with van der Waals surface area (Å²) in [4.78, 5) is 15.5. The lowest BCUT2D eigenvalue weighted by molar-refractivity contribution is -0.113. The normalized spacial score (nSPS) is 11.1. The molecule has 17 heavy (non-hydrogen) atoms. The summed E-state index contributed by atoms with van der Waals surface area (Å²) in [6.45, 7) is 4.03. The Morgan fingerprint density at radius 2 is 2.29 bits per heavy atom. The Morgan fingerprint density at radius 3 is 2.94 bits per heavy atom. The molecule has 0 aliphatic carbocycles. The van der Waals surface area contributed by atoms with Gasteiger partial charge in [-0.25, -0.2) is 4.98 Å². The fourth-order valence-electron chi connectivity index (χ4n) is 1.46. The molecular weight excluding hydrogens is 240 g/mol. The van der Waals surface area contributed by atoms with Gasteiger partial charge in [0.1, 0.15) is 11.4 Å². The predicted octanol–water partition coefficient (Wildman–Crippen LogP) is 3.13. The number of aromatic nitrogens is 1. The molecule has 0 bridgehead atoms. The average molecular weight is 253 g/mol. The van der Waals surface area contributed by atoms with Crippen LogP contribution in [0, 0.1) is 0 Å². The van der Waals surface area contributed by atoms with Crippen LogP contribution in [0.5, 0.6) is 0 Å². The Labute approximate surface area is 104 Å². The molecule has 5 heteroatoms. The first-order valence-corrected chi connectivity index (χ1v) is 5.90. The van der Waals surface area contributed by atoms with Gasteiger partial charge in [-0.15, -0.1) is 11.6 Å². The van der Waals surface area contributed by atoms with E-state index in [0.29, 0.717) is 11.6 Å². The zero-order valence-corrected chi connectivity index (χ0v) is 10.4. The van der Waals surface area contributed by atoms with Crippen molar-refractivity contribution in [2.24, 2.45) is 0 Å². The van der Waals surface area contributed by atoms with Crippen LogP contribution >= 0.6 is 11.6 Å². The van der Waals surface area contributed by atoms with Crippen LogP contribution in [0.15, 0.2) is 22.6 Å². The molecule has 2 aromatic rings. The molecule has 4 nitrogen and oxygen atoms in total. The van der Waals surface area contributed by atoms with Crippen molar-refractivity contribution in [1.29, 1.82) is 0 Å². The Bertz CT molecular complexity index is 548. The number of halogens is 1. The summed E-state index contributed by atoms with van der Waals surface area (Å²) >= 11 is 5.42. The van der Waals surface area contributed by atoms with Gasteiger partial charge in [0, 0.05) is 11.6 Å². The molecule has 0 unspecified atom stereocenters. The molecule has 0 aliphatic rings. The Kier molecular flexibility index (Phi) is 3.33. The number of amides is 1. The predicted molar refractivity (Wildman–Crippen MR) is 67.4 cm³/mol. The van der Waals surface area contributed by atoms with Gasteiger partial charge in [-0.2, -0.15) is 0 Å². The first-order valence-electron chi connectivity index (χ1n) is 5.36. The zero-order chi connectivity index (χ0) is 12.4. The molecule has 1 aromatic carbocycles. The highest BCUT2D eigenvalue weighted by atomic mass is 35.5. The van der Waals surface area contributed by atoms with Gasteiger partial charge in [-0.1, -0.05) is 13.8 Å². The van der Waals surface area contributed by atoms with Crippen LogP contribution in [-0.2, 0) is 4.79 Å². The highest BCUT2D eigenvalue weighted by Crippen LogP contribution is 2.23. The first kappa shape index (κ1) is 11.9. The molecular formula is C12H13ClN2O2. The largest absolute Gasteiger partial charge is 0.440 e. The number of carbonyl (C=O) groups excluding carboxylic acids is 1. The van der Waals surface area contributed by atoms with Crippen molar-refractivity contribution in [3.63, 3.8) is 0 Å². The van der Waals surface area contributed by atoms with Gasteiger partial charge < -0.3 is 9.73 Å². The maximum atomic E-state index is 11.1. The van der Waals surface area contributed by atoms with Crippen molar-refractivity contribution in [1.82, 2.24) is 4.98 Å². The lowest BCUT2D eigenvalue weighted by Gasteiger charge is -2.01. The smallest absolute Gasteiger partial charge is 0.239 e. The second-order valence-electron chi connectivity index (χ2n) is 4.07. The molecule has 0 atom stereocenters. The van der Waals surface area contributed by atoms with E-state index in [-0.39, 0.29) is 17.7 Å². The number of hydrogen-bond donors (Lipinski definition) is 1. The molecule has 1 N–H and O–H groups in total. The summed E-state index contributed by atoms with van der Waals surface area (Å²) in [5.74, 6) is 0.636. The quantitative estimate of drug-likeness (QED) is 0.854. The number of hydrogen-bond acceptors (Lipinski definition) is 3. The molecule has 90 valence electrons. The van der Waals surface area contributed by atoms with Crippen LogP contribution in [0.1, 0.15) is 25.7 Å². The van der Waals surface area contributed by atoms with E-state index >= 15 is 0 Å². The summed E-state index contributed by atoms with van der Waals surface area (Å²) in [5, 5.41) is 2.67. The maximum Gasteiger partial charge on any atom is 0.239 e. The van der Waals surface area contributed by atoms with E-state index in [1.165, 1.54) is 0 Å². The van der Waals surface area contributed by atoms with Crippen LogP contribution in [-0.4, -0.2) is 16.8 Å². The molecule has 0 saturated heterocycles. The Hall–Kier alpha value is -1.55. The fraction of sp³-hybridized carbons (Fsp3) is 0.333. The van der Waals surface area contributed by atoms with E-state index in [2.05, 4.69) is 10.3 Å². The van der Waals surface area contributed by atoms with Gasteiger partial charge in [0.05, 0.1) is 0 Å². The number of carbonyl (C=O) groups is 1. The van der Waals surface area contributed by atoms with Crippen molar-refractivity contribution in [2.45, 2.75) is 19.8 Å². The number of anilines is 1. The van der Waals surface area contributed by atoms with E-state index in [9.17, 15) is 4.79 Å². The van der Waals surface area contributed by atoms with Crippen LogP contribution in [0.2, 0.25) is 0 Å². The summed E-state index contributed by atoms with van der Waals surface area (Å²) < 4.78 is 5.57. The van der Waals surface area contributed by atoms with Crippen molar-refractivity contribution in [3.05, 3.63) is 24.1 Å². The van der Waals surface area contributed by atoms with Gasteiger partial charge in [-0.05, 0) is 18.2 Å². The number of fused-ring (bicyclic) bond motifs is 1. The number of nitrogens with zero attached hydrogens (tertiary/aromatic N) is 1. The molecule has 0 radical (unpaired) electrons. The standard InChI is InChI=1S/C12H13ClN2O2/c1-7(2)12-15-9-5-8(14-11(16)6-13)3-4-10(9)17-12/h3-5,7H,6H2,1-2H3,(H,14,16). The monoisotopic (exact) mass is 252 g/mol. The van der Waals surface area contributed by atoms with Crippen LogP contribution in [0.3, 0.4) is 0 Å². The second kappa shape index (κ2) is 4.75. The molecule has 1 amide bonds. The molecule has 0 spiro atoms. The summed E-state index contributed by atoms with van der Waals surface area (Å²) in [5.41, 5.74) is 2.13. The number of oxazole rings is 1. The minimum absolute atomic E-state index is 0.0614. The van der Waals surface area contributed by atoms with Crippen LogP contribution in [0.25, 0.3) is 11.1 Å². The lowest BCUT2D eigenvalue weighted by atomic mass is 10.2. The van der Waals surface area contributed by atoms with Crippen molar-refractivity contribution >= 4 is 34.3 Å². The van der Waals surface area contributed by atoms with E-state index in [4.69, 9.17) is 16.0 Å². The van der Waals surface area contributed by atoms with Gasteiger partial charge in [0.25, 0.3) is 0 Å². The summed E-state index contributed by atoms with van der Waals surface area (Å²) in [6.07, 6.45) is 0. The third-order valence-electron chi connectivity index (χ3n) is 2.30. The second-order valence-corrected chi connectivity index (χ2v) is 4.34. The number of rotatable bonds is 3. The first-order chi connectivity index (χ1) is 8.10. The SMILES string of the molecule is CC(C)c1nc2cc(NC(=O)CCl)ccc2o1. The average Bonchev–Trinajstić information content (AvgIpc) is 2.72. The van der Waals surface area contributed by atoms with Crippen molar-refractivity contribution in [3.8, 4) is 0 Å².